The Balaban J connectivity index is 1.59. The fraction of sp³-hybridized carbons (Fsp3) is 0.292. The van der Waals surface area contributed by atoms with Gasteiger partial charge in [-0.15, -0.1) is 0 Å². The largest absolute Gasteiger partial charge is 0.497 e. The third-order valence-electron chi connectivity index (χ3n) is 5.16. The number of aryl methyl sites for hydroxylation is 1. The van der Waals surface area contributed by atoms with Crippen molar-refractivity contribution >= 4 is 34.2 Å². The molecule has 0 aliphatic rings. The van der Waals surface area contributed by atoms with E-state index < -0.39 is 5.76 Å². The molecule has 33 heavy (non-hydrogen) atoms. The lowest BCUT2D eigenvalue weighted by Gasteiger charge is -2.19. The van der Waals surface area contributed by atoms with Crippen LogP contribution in [0, 0.1) is 6.92 Å². The van der Waals surface area contributed by atoms with E-state index in [0.717, 1.165) is 28.3 Å². The van der Waals surface area contributed by atoms with E-state index in [0.29, 0.717) is 28.9 Å². The predicted molar refractivity (Wildman–Crippen MR) is 130 cm³/mol. The van der Waals surface area contributed by atoms with Gasteiger partial charge in [-0.2, -0.15) is 4.98 Å². The average molecular weight is 449 g/mol. The van der Waals surface area contributed by atoms with Crippen LogP contribution in [-0.4, -0.2) is 28.1 Å². The van der Waals surface area contributed by atoms with E-state index in [-0.39, 0.29) is 6.04 Å². The van der Waals surface area contributed by atoms with Crippen molar-refractivity contribution in [2.75, 3.05) is 17.7 Å². The van der Waals surface area contributed by atoms with E-state index in [4.69, 9.17) is 9.15 Å². The molecule has 0 aliphatic carbocycles. The highest BCUT2D eigenvalue weighted by molar-refractivity contribution is 5.78. The first-order valence-electron chi connectivity index (χ1n) is 10.8. The number of aromatic amines is 1. The van der Waals surface area contributed by atoms with Gasteiger partial charge >= 0.3 is 5.76 Å². The van der Waals surface area contributed by atoms with Gasteiger partial charge in [0.1, 0.15) is 11.6 Å². The van der Waals surface area contributed by atoms with Crippen molar-refractivity contribution in [3.05, 3.63) is 64.3 Å². The molecule has 2 heterocycles. The molecular formula is C24H28N6O3. The quantitative estimate of drug-likeness (QED) is 0.304. The molecule has 4 rings (SSSR count). The second kappa shape index (κ2) is 9.33. The van der Waals surface area contributed by atoms with E-state index in [9.17, 15) is 4.79 Å². The number of aromatic nitrogens is 3. The topological polar surface area (TPSA) is 117 Å². The van der Waals surface area contributed by atoms with Crippen LogP contribution in [0.5, 0.6) is 5.75 Å². The van der Waals surface area contributed by atoms with Gasteiger partial charge in [0.2, 0.25) is 5.95 Å². The third kappa shape index (κ3) is 5.32. The molecule has 0 spiro atoms. The van der Waals surface area contributed by atoms with Crippen molar-refractivity contribution in [3.63, 3.8) is 0 Å². The normalized spacial score (nSPS) is 12.2. The first-order valence-corrected chi connectivity index (χ1v) is 10.8. The number of nitrogens with one attached hydrogen (secondary N) is 4. The van der Waals surface area contributed by atoms with Gasteiger partial charge in [-0.1, -0.05) is 13.8 Å². The third-order valence-corrected chi connectivity index (χ3v) is 5.16. The van der Waals surface area contributed by atoms with Crippen LogP contribution < -0.4 is 26.4 Å². The minimum Gasteiger partial charge on any atom is -0.497 e. The number of anilines is 4. The highest BCUT2D eigenvalue weighted by Gasteiger charge is 2.12. The van der Waals surface area contributed by atoms with Crippen LogP contribution in [0.2, 0.25) is 0 Å². The van der Waals surface area contributed by atoms with Crippen LogP contribution >= 0.6 is 0 Å². The van der Waals surface area contributed by atoms with E-state index in [1.807, 2.05) is 25.1 Å². The highest BCUT2D eigenvalue weighted by Crippen LogP contribution is 2.28. The Morgan fingerprint density at radius 1 is 1.06 bits per heavy atom. The number of hydrogen-bond donors (Lipinski definition) is 4. The summed E-state index contributed by atoms with van der Waals surface area (Å²) in [6, 6.07) is 11.8. The number of ether oxygens (including phenoxy) is 1. The molecule has 9 heteroatoms. The maximum atomic E-state index is 11.4. The van der Waals surface area contributed by atoms with Gasteiger partial charge in [-0.05, 0) is 49.7 Å². The van der Waals surface area contributed by atoms with Crippen LogP contribution in [0.1, 0.15) is 37.9 Å². The van der Waals surface area contributed by atoms with E-state index in [1.54, 1.807) is 25.4 Å². The van der Waals surface area contributed by atoms with Crippen LogP contribution in [0.15, 0.2) is 51.8 Å². The van der Waals surface area contributed by atoms with Crippen molar-refractivity contribution in [2.45, 2.75) is 39.8 Å². The van der Waals surface area contributed by atoms with E-state index >= 15 is 0 Å². The van der Waals surface area contributed by atoms with E-state index in [2.05, 4.69) is 57.7 Å². The molecule has 4 aromatic rings. The molecule has 1 unspecified atom stereocenters. The Morgan fingerprint density at radius 3 is 2.64 bits per heavy atom. The molecule has 2 aromatic carbocycles. The lowest BCUT2D eigenvalue weighted by atomic mass is 10.1. The summed E-state index contributed by atoms with van der Waals surface area (Å²) in [5, 5.41) is 10.1. The Kier molecular flexibility index (Phi) is 6.32. The molecular weight excluding hydrogens is 420 g/mol. The number of oxazole rings is 1. The second-order valence-electron chi connectivity index (χ2n) is 8.24. The molecule has 0 bridgehead atoms. The van der Waals surface area contributed by atoms with Crippen LogP contribution in [0.25, 0.3) is 11.1 Å². The maximum Gasteiger partial charge on any atom is 0.417 e. The minimum absolute atomic E-state index is 0.154. The zero-order valence-electron chi connectivity index (χ0n) is 19.3. The molecule has 0 saturated heterocycles. The van der Waals surface area contributed by atoms with E-state index in [1.165, 1.54) is 0 Å². The number of benzene rings is 2. The summed E-state index contributed by atoms with van der Waals surface area (Å²) in [6.45, 7) is 8.28. The fourth-order valence-corrected chi connectivity index (χ4v) is 3.58. The molecule has 9 nitrogen and oxygen atoms in total. The lowest BCUT2D eigenvalue weighted by molar-refractivity contribution is 0.413. The number of nitrogens with zero attached hydrogens (tertiary/aromatic N) is 2. The molecule has 0 aliphatic heterocycles. The number of methoxy groups -OCH3 is 1. The number of fused-ring (bicyclic) bond motifs is 1. The lowest BCUT2D eigenvalue weighted by Crippen LogP contribution is -2.26. The Hall–Kier alpha value is -3.85. The zero-order chi connectivity index (χ0) is 23.5. The highest BCUT2D eigenvalue weighted by atomic mass is 16.5. The van der Waals surface area contributed by atoms with Crippen LogP contribution in [-0.2, 0) is 0 Å². The molecule has 0 radical (unpaired) electrons. The molecule has 172 valence electrons. The average Bonchev–Trinajstić information content (AvgIpc) is 3.14. The molecule has 0 fully saturated rings. The molecule has 4 N–H and O–H groups in total. The summed E-state index contributed by atoms with van der Waals surface area (Å²) in [5.74, 6) is 1.36. The van der Waals surface area contributed by atoms with Gasteiger partial charge in [0.25, 0.3) is 0 Å². The van der Waals surface area contributed by atoms with Crippen LogP contribution in [0.3, 0.4) is 0 Å². The van der Waals surface area contributed by atoms with Crippen molar-refractivity contribution in [1.29, 1.82) is 0 Å². The smallest absolute Gasteiger partial charge is 0.417 e. The van der Waals surface area contributed by atoms with Gasteiger partial charge in [-0.25, -0.2) is 9.78 Å². The zero-order valence-corrected chi connectivity index (χ0v) is 19.3. The van der Waals surface area contributed by atoms with Crippen LogP contribution in [0.4, 0.5) is 23.1 Å². The molecule has 0 amide bonds. The summed E-state index contributed by atoms with van der Waals surface area (Å²) in [7, 11) is 1.65. The van der Waals surface area contributed by atoms with Gasteiger partial charge in [0.15, 0.2) is 5.58 Å². The standard InChI is InChI=1S/C24H28N6O3/c1-13(2)26-15(4)16-8-18(10-19(9-16)32-5)28-23-25-12-14(3)22(30-23)27-17-6-7-21-20(11-17)29-24(31)33-21/h6-13,15,26H,1-5H3,(H,29,31)(H2,25,27,28,30). The Bertz CT molecular complexity index is 1330. The summed E-state index contributed by atoms with van der Waals surface area (Å²) >= 11 is 0. The SMILES string of the molecule is COc1cc(Nc2ncc(C)c(Nc3ccc4oc(=O)[nH]c4c3)n2)cc(C(C)NC(C)C)c1. The first-order chi connectivity index (χ1) is 15.8. The minimum atomic E-state index is -0.484. The summed E-state index contributed by atoms with van der Waals surface area (Å²) in [4.78, 5) is 23.1. The van der Waals surface area contributed by atoms with Crippen molar-refractivity contribution < 1.29 is 9.15 Å². The Labute approximate surface area is 191 Å². The van der Waals surface area contributed by atoms with Gasteiger partial charge in [0.05, 0.1) is 12.6 Å². The predicted octanol–water partition coefficient (Wildman–Crippen LogP) is 4.77. The molecule has 2 aromatic heterocycles. The van der Waals surface area contributed by atoms with Crippen molar-refractivity contribution in [2.24, 2.45) is 0 Å². The van der Waals surface area contributed by atoms with Crippen molar-refractivity contribution in [3.8, 4) is 5.75 Å². The number of hydrogen-bond acceptors (Lipinski definition) is 8. The number of H-pyrrole nitrogens is 1. The van der Waals surface area contributed by atoms with Crippen molar-refractivity contribution in [1.82, 2.24) is 20.3 Å². The summed E-state index contributed by atoms with van der Waals surface area (Å²) in [5.41, 5.74) is 4.68. The summed E-state index contributed by atoms with van der Waals surface area (Å²) < 4.78 is 10.6. The molecule has 0 saturated carbocycles. The second-order valence-corrected chi connectivity index (χ2v) is 8.24. The Morgan fingerprint density at radius 2 is 1.88 bits per heavy atom. The maximum absolute atomic E-state index is 11.4. The van der Waals surface area contributed by atoms with Gasteiger partial charge in [0, 0.05) is 41.3 Å². The first kappa shape index (κ1) is 22.3. The van der Waals surface area contributed by atoms with Gasteiger partial charge in [-0.3, -0.25) is 4.98 Å². The molecule has 1 atom stereocenters. The monoisotopic (exact) mass is 448 g/mol. The number of rotatable bonds is 8. The summed E-state index contributed by atoms with van der Waals surface area (Å²) in [6.07, 6.45) is 1.75. The van der Waals surface area contributed by atoms with Gasteiger partial charge < -0.3 is 25.1 Å². The fourth-order valence-electron chi connectivity index (χ4n) is 3.58.